The van der Waals surface area contributed by atoms with Gasteiger partial charge in [0.1, 0.15) is 5.82 Å². The van der Waals surface area contributed by atoms with Crippen molar-refractivity contribution in [1.29, 1.82) is 0 Å². The van der Waals surface area contributed by atoms with Gasteiger partial charge in [0.2, 0.25) is 0 Å². The number of nitrogens with zero attached hydrogens (tertiary/aromatic N) is 1. The average molecular weight is 269 g/mol. The van der Waals surface area contributed by atoms with Gasteiger partial charge in [0.15, 0.2) is 0 Å². The molecule has 0 aliphatic heterocycles. The van der Waals surface area contributed by atoms with Crippen LogP contribution in [0.1, 0.15) is 45.6 Å². The van der Waals surface area contributed by atoms with E-state index >= 15 is 0 Å². The van der Waals surface area contributed by atoms with E-state index in [1.807, 2.05) is 11.8 Å². The molecule has 0 saturated carbocycles. The first kappa shape index (κ1) is 15.2. The largest absolute Gasteiger partial charge is 0.310 e. The molecule has 2 N–H and O–H groups in total. The van der Waals surface area contributed by atoms with E-state index in [1.54, 1.807) is 6.07 Å². The second-order valence-electron chi connectivity index (χ2n) is 4.75. The highest BCUT2D eigenvalue weighted by Crippen LogP contribution is 2.17. The van der Waals surface area contributed by atoms with E-state index in [2.05, 4.69) is 43.0 Å². The van der Waals surface area contributed by atoms with Crippen molar-refractivity contribution in [1.82, 2.24) is 15.3 Å². The number of aromatic amines is 1. The number of hydrogen-bond acceptors (Lipinski definition) is 4. The molecule has 4 nitrogen and oxygen atoms in total. The van der Waals surface area contributed by atoms with Gasteiger partial charge in [-0.15, -0.1) is 0 Å². The minimum atomic E-state index is -0.0645. The molecule has 5 heteroatoms. The fraction of sp³-hybridized carbons (Fsp3) is 0.692. The molecule has 1 aromatic rings. The maximum Gasteiger partial charge on any atom is 0.251 e. The molecule has 0 saturated heterocycles. The summed E-state index contributed by atoms with van der Waals surface area (Å²) in [6.07, 6.45) is 1.13. The van der Waals surface area contributed by atoms with Crippen LogP contribution < -0.4 is 10.9 Å². The van der Waals surface area contributed by atoms with Crippen LogP contribution in [0.3, 0.4) is 0 Å². The Hall–Kier alpha value is -0.810. The number of nitrogens with one attached hydrogen (secondary N) is 2. The fourth-order valence-electron chi connectivity index (χ4n) is 1.37. The third-order valence-electron chi connectivity index (χ3n) is 2.61. The first-order valence-electron chi connectivity index (χ1n) is 6.45. The lowest BCUT2D eigenvalue weighted by atomic mass is 10.3. The van der Waals surface area contributed by atoms with E-state index in [4.69, 9.17) is 0 Å². The lowest BCUT2D eigenvalue weighted by molar-refractivity contribution is 0.579. The number of thioether (sulfide) groups is 1. The molecule has 1 heterocycles. The van der Waals surface area contributed by atoms with E-state index in [0.29, 0.717) is 17.8 Å². The Kier molecular flexibility index (Phi) is 6.43. The first-order valence-corrected chi connectivity index (χ1v) is 7.50. The average Bonchev–Trinajstić information content (AvgIpc) is 2.33. The van der Waals surface area contributed by atoms with Gasteiger partial charge in [-0.1, -0.05) is 27.7 Å². The van der Waals surface area contributed by atoms with Gasteiger partial charge in [-0.05, 0) is 6.42 Å². The summed E-state index contributed by atoms with van der Waals surface area (Å²) in [6, 6.07) is 1.95. The molecule has 0 bridgehead atoms. The Morgan fingerprint density at radius 2 is 2.17 bits per heavy atom. The predicted octanol–water partition coefficient (Wildman–Crippen LogP) is 2.30. The van der Waals surface area contributed by atoms with Crippen molar-refractivity contribution in [2.45, 2.75) is 57.7 Å². The van der Waals surface area contributed by atoms with Crippen LogP contribution in [0, 0.1) is 0 Å². The van der Waals surface area contributed by atoms with Crippen LogP contribution in [-0.2, 0) is 12.3 Å². The van der Waals surface area contributed by atoms with Crippen molar-refractivity contribution >= 4 is 11.8 Å². The Morgan fingerprint density at radius 3 is 2.78 bits per heavy atom. The van der Waals surface area contributed by atoms with Crippen LogP contribution in [0.25, 0.3) is 0 Å². The van der Waals surface area contributed by atoms with Crippen LogP contribution >= 0.6 is 11.8 Å². The zero-order chi connectivity index (χ0) is 13.5. The highest BCUT2D eigenvalue weighted by Gasteiger charge is 2.05. The summed E-state index contributed by atoms with van der Waals surface area (Å²) < 4.78 is 0. The summed E-state index contributed by atoms with van der Waals surface area (Å²) in [5, 5.41) is 3.86. The Balaban J connectivity index is 2.65. The number of hydrogen-bond donors (Lipinski definition) is 2. The third-order valence-corrected chi connectivity index (χ3v) is 3.96. The molecule has 0 aromatic carbocycles. The van der Waals surface area contributed by atoms with Gasteiger partial charge in [-0.25, -0.2) is 4.98 Å². The van der Waals surface area contributed by atoms with Gasteiger partial charge in [0.25, 0.3) is 5.56 Å². The minimum Gasteiger partial charge on any atom is -0.310 e. The SMILES string of the molecule is CCC(C)SCc1nc(CNC(C)C)cc(=O)[nH]1. The standard InChI is InChI=1S/C13H23N3OS/c1-5-10(4)18-8-12-15-11(6-13(17)16-12)7-14-9(2)3/h6,9-10,14H,5,7-8H2,1-4H3,(H,15,16,17). The highest BCUT2D eigenvalue weighted by atomic mass is 32.2. The molecule has 1 aromatic heterocycles. The molecule has 1 atom stereocenters. The van der Waals surface area contributed by atoms with Crippen molar-refractivity contribution in [3.8, 4) is 0 Å². The van der Waals surface area contributed by atoms with Gasteiger partial charge in [-0.3, -0.25) is 4.79 Å². The van der Waals surface area contributed by atoms with Crippen molar-refractivity contribution < 1.29 is 0 Å². The smallest absolute Gasteiger partial charge is 0.251 e. The molecule has 1 unspecified atom stereocenters. The molecule has 102 valence electrons. The number of rotatable bonds is 7. The van der Waals surface area contributed by atoms with Gasteiger partial charge in [0, 0.05) is 23.9 Å². The molecule has 0 aliphatic carbocycles. The molecular weight excluding hydrogens is 246 g/mol. The molecule has 0 amide bonds. The van der Waals surface area contributed by atoms with Crippen molar-refractivity contribution in [2.75, 3.05) is 0 Å². The summed E-state index contributed by atoms with van der Waals surface area (Å²) in [4.78, 5) is 18.8. The molecular formula is C13H23N3OS. The van der Waals surface area contributed by atoms with E-state index < -0.39 is 0 Å². The summed E-state index contributed by atoms with van der Waals surface area (Å²) in [5.41, 5.74) is 0.748. The highest BCUT2D eigenvalue weighted by molar-refractivity contribution is 7.99. The molecule has 18 heavy (non-hydrogen) atoms. The fourth-order valence-corrected chi connectivity index (χ4v) is 2.18. The van der Waals surface area contributed by atoms with E-state index in [9.17, 15) is 4.79 Å². The van der Waals surface area contributed by atoms with Gasteiger partial charge >= 0.3 is 0 Å². The molecule has 0 aliphatic rings. The van der Waals surface area contributed by atoms with Crippen LogP contribution in [0.5, 0.6) is 0 Å². The zero-order valence-electron chi connectivity index (χ0n) is 11.6. The zero-order valence-corrected chi connectivity index (χ0v) is 12.4. The van der Waals surface area contributed by atoms with Crippen molar-refractivity contribution in [2.24, 2.45) is 0 Å². The summed E-state index contributed by atoms with van der Waals surface area (Å²) >= 11 is 1.82. The Bertz CT molecular complexity index is 417. The van der Waals surface area contributed by atoms with Crippen LogP contribution in [0.2, 0.25) is 0 Å². The van der Waals surface area contributed by atoms with E-state index in [-0.39, 0.29) is 5.56 Å². The maximum atomic E-state index is 11.5. The maximum absolute atomic E-state index is 11.5. The lowest BCUT2D eigenvalue weighted by Crippen LogP contribution is -2.24. The Morgan fingerprint density at radius 1 is 1.44 bits per heavy atom. The molecule has 0 spiro atoms. The summed E-state index contributed by atoms with van der Waals surface area (Å²) in [5.74, 6) is 1.54. The van der Waals surface area contributed by atoms with Crippen molar-refractivity contribution in [3.05, 3.63) is 27.9 Å². The van der Waals surface area contributed by atoms with Crippen LogP contribution in [0.15, 0.2) is 10.9 Å². The minimum absolute atomic E-state index is 0.0645. The predicted molar refractivity (Wildman–Crippen MR) is 77.9 cm³/mol. The second-order valence-corrected chi connectivity index (χ2v) is 6.18. The number of H-pyrrole nitrogens is 1. The van der Waals surface area contributed by atoms with Crippen molar-refractivity contribution in [3.63, 3.8) is 0 Å². The quantitative estimate of drug-likeness (QED) is 0.797. The number of aromatic nitrogens is 2. The lowest BCUT2D eigenvalue weighted by Gasteiger charge is -2.10. The monoisotopic (exact) mass is 269 g/mol. The van der Waals surface area contributed by atoms with Gasteiger partial charge in [0.05, 0.1) is 11.4 Å². The van der Waals surface area contributed by atoms with E-state index in [1.165, 1.54) is 0 Å². The molecule has 0 radical (unpaired) electrons. The molecule has 0 fully saturated rings. The van der Waals surface area contributed by atoms with E-state index in [0.717, 1.165) is 23.7 Å². The Labute approximate surface area is 113 Å². The first-order chi connectivity index (χ1) is 8.51. The van der Waals surface area contributed by atoms with Crippen LogP contribution in [-0.4, -0.2) is 21.3 Å². The third kappa shape index (κ3) is 5.69. The topological polar surface area (TPSA) is 57.8 Å². The molecule has 1 rings (SSSR count). The summed E-state index contributed by atoms with van der Waals surface area (Å²) in [6.45, 7) is 9.14. The second kappa shape index (κ2) is 7.59. The summed E-state index contributed by atoms with van der Waals surface area (Å²) in [7, 11) is 0. The van der Waals surface area contributed by atoms with Gasteiger partial charge in [-0.2, -0.15) is 11.8 Å². The van der Waals surface area contributed by atoms with Gasteiger partial charge < -0.3 is 10.3 Å². The van der Waals surface area contributed by atoms with Crippen LogP contribution in [0.4, 0.5) is 0 Å². The normalized spacial score (nSPS) is 12.9.